The molecule has 0 bridgehead atoms. The molecule has 4 rings (SSSR count). The molecule has 0 aliphatic rings. The van der Waals surface area contributed by atoms with E-state index in [-0.39, 0.29) is 12.2 Å². The van der Waals surface area contributed by atoms with Crippen LogP contribution >= 0.6 is 22.9 Å². The van der Waals surface area contributed by atoms with Crippen LogP contribution in [-0.2, 0) is 16.0 Å². The third-order valence-electron chi connectivity index (χ3n) is 4.57. The Morgan fingerprint density at radius 1 is 1.04 bits per heavy atom. The summed E-state index contributed by atoms with van der Waals surface area (Å²) in [6, 6.07) is 19.2. The number of thiophene rings is 1. The Morgan fingerprint density at radius 2 is 1.82 bits per heavy atom. The molecular formula is C22H16ClNO3S. The van der Waals surface area contributed by atoms with E-state index in [2.05, 4.69) is 0 Å². The average molecular weight is 410 g/mol. The normalized spacial score (nSPS) is 12.2. The Labute approximate surface area is 170 Å². The van der Waals surface area contributed by atoms with Gasteiger partial charge >= 0.3 is 6.09 Å². The molecule has 0 fully saturated rings. The number of rotatable bonds is 5. The summed E-state index contributed by atoms with van der Waals surface area (Å²) in [5.41, 5.74) is 6.69. The highest BCUT2D eigenvalue weighted by Crippen LogP contribution is 2.35. The second-order valence-electron chi connectivity index (χ2n) is 6.47. The highest BCUT2D eigenvalue weighted by atomic mass is 35.5. The Morgan fingerprint density at radius 3 is 2.61 bits per heavy atom. The van der Waals surface area contributed by atoms with Crippen LogP contribution in [0, 0.1) is 0 Å². The third kappa shape index (κ3) is 3.72. The van der Waals surface area contributed by atoms with Gasteiger partial charge in [-0.25, -0.2) is 4.79 Å². The lowest BCUT2D eigenvalue weighted by molar-refractivity contribution is -0.126. The Hall–Kier alpha value is -2.89. The summed E-state index contributed by atoms with van der Waals surface area (Å²) in [5, 5.41) is 5.30. The van der Waals surface area contributed by atoms with Crippen molar-refractivity contribution in [3.63, 3.8) is 0 Å². The van der Waals surface area contributed by atoms with Crippen LogP contribution < -0.4 is 5.73 Å². The number of amides is 1. The van der Waals surface area contributed by atoms with Crippen LogP contribution in [0.3, 0.4) is 0 Å². The maximum atomic E-state index is 13.1. The second-order valence-corrected chi connectivity index (χ2v) is 7.82. The van der Waals surface area contributed by atoms with Crippen molar-refractivity contribution in [2.24, 2.45) is 5.73 Å². The minimum absolute atomic E-state index is 0.126. The van der Waals surface area contributed by atoms with E-state index in [4.69, 9.17) is 22.1 Å². The summed E-state index contributed by atoms with van der Waals surface area (Å²) in [4.78, 5) is 24.5. The molecule has 0 saturated carbocycles. The number of Topliss-reactive ketones (excluding diaryl/α,β-unsaturated/α-hetero) is 1. The zero-order valence-electron chi connectivity index (χ0n) is 14.7. The van der Waals surface area contributed by atoms with Gasteiger partial charge in [0.15, 0.2) is 11.9 Å². The lowest BCUT2D eigenvalue weighted by atomic mass is 9.97. The van der Waals surface area contributed by atoms with Gasteiger partial charge in [0.2, 0.25) is 0 Å². The number of benzene rings is 3. The first-order valence-electron chi connectivity index (χ1n) is 8.64. The topological polar surface area (TPSA) is 69.4 Å². The van der Waals surface area contributed by atoms with Crippen molar-refractivity contribution < 1.29 is 14.3 Å². The molecule has 0 aliphatic heterocycles. The van der Waals surface area contributed by atoms with Crippen molar-refractivity contribution in [2.75, 3.05) is 0 Å². The number of carbonyl (C=O) groups excluding carboxylic acids is 2. The van der Waals surface area contributed by atoms with Crippen LogP contribution in [0.1, 0.15) is 17.2 Å². The van der Waals surface area contributed by atoms with E-state index in [0.717, 1.165) is 26.4 Å². The molecule has 140 valence electrons. The van der Waals surface area contributed by atoms with E-state index in [1.165, 1.54) is 11.3 Å². The average Bonchev–Trinajstić information content (AvgIpc) is 3.08. The van der Waals surface area contributed by atoms with Gasteiger partial charge in [0.1, 0.15) is 0 Å². The molecule has 0 aliphatic carbocycles. The van der Waals surface area contributed by atoms with Crippen molar-refractivity contribution in [1.82, 2.24) is 0 Å². The molecule has 4 nitrogen and oxygen atoms in total. The summed E-state index contributed by atoms with van der Waals surface area (Å²) in [6.45, 7) is 0. The number of fused-ring (bicyclic) bond motifs is 2. The summed E-state index contributed by atoms with van der Waals surface area (Å²) in [5.74, 6) is -0.242. The first kappa shape index (κ1) is 18.5. The quantitative estimate of drug-likeness (QED) is 0.462. The van der Waals surface area contributed by atoms with Gasteiger partial charge in [-0.2, -0.15) is 0 Å². The number of carbonyl (C=O) groups is 2. The largest absolute Gasteiger partial charge is 0.433 e. The maximum absolute atomic E-state index is 13.1. The Kier molecular flexibility index (Phi) is 5.03. The van der Waals surface area contributed by atoms with Gasteiger partial charge in [0, 0.05) is 27.1 Å². The van der Waals surface area contributed by atoms with E-state index in [1.807, 2.05) is 53.9 Å². The molecular weight excluding hydrogens is 394 g/mol. The molecule has 1 heterocycles. The number of ether oxygens (including phenoxy) is 1. The third-order valence-corrected chi connectivity index (χ3v) is 5.78. The molecule has 6 heteroatoms. The van der Waals surface area contributed by atoms with Gasteiger partial charge in [0.05, 0.1) is 0 Å². The second kappa shape index (κ2) is 7.62. The van der Waals surface area contributed by atoms with Crippen molar-refractivity contribution in [1.29, 1.82) is 0 Å². The minimum Gasteiger partial charge on any atom is -0.433 e. The number of ketones is 1. The molecule has 0 spiro atoms. The van der Waals surface area contributed by atoms with E-state index in [0.29, 0.717) is 10.6 Å². The predicted octanol–water partition coefficient (Wildman–Crippen LogP) is 5.66. The molecule has 3 aromatic carbocycles. The van der Waals surface area contributed by atoms with Crippen molar-refractivity contribution >= 4 is 55.7 Å². The van der Waals surface area contributed by atoms with Crippen LogP contribution in [-0.4, -0.2) is 11.9 Å². The Balaban J connectivity index is 1.68. The van der Waals surface area contributed by atoms with Crippen LogP contribution in [0.4, 0.5) is 4.79 Å². The van der Waals surface area contributed by atoms with E-state index >= 15 is 0 Å². The fourth-order valence-electron chi connectivity index (χ4n) is 3.29. The molecule has 1 aromatic heterocycles. The zero-order chi connectivity index (χ0) is 19.7. The number of primary amides is 1. The molecule has 1 atom stereocenters. The first-order chi connectivity index (χ1) is 13.5. The lowest BCUT2D eigenvalue weighted by Gasteiger charge is -2.16. The molecule has 2 N–H and O–H groups in total. The van der Waals surface area contributed by atoms with Gasteiger partial charge in [0.25, 0.3) is 0 Å². The minimum atomic E-state index is -1.07. The fourth-order valence-corrected chi connectivity index (χ4v) is 4.41. The predicted molar refractivity (Wildman–Crippen MR) is 113 cm³/mol. The molecule has 4 aromatic rings. The lowest BCUT2D eigenvalue weighted by Crippen LogP contribution is -2.24. The van der Waals surface area contributed by atoms with Gasteiger partial charge < -0.3 is 10.5 Å². The Bertz CT molecular complexity index is 1200. The zero-order valence-corrected chi connectivity index (χ0v) is 16.3. The van der Waals surface area contributed by atoms with Gasteiger partial charge in [-0.3, -0.25) is 4.79 Å². The molecule has 1 unspecified atom stereocenters. The smallest absolute Gasteiger partial charge is 0.405 e. The molecule has 28 heavy (non-hydrogen) atoms. The van der Waals surface area contributed by atoms with E-state index in [1.54, 1.807) is 12.1 Å². The maximum Gasteiger partial charge on any atom is 0.405 e. The summed E-state index contributed by atoms with van der Waals surface area (Å²) in [6.07, 6.45) is -1.94. The number of hydrogen-bond donors (Lipinski definition) is 1. The number of hydrogen-bond acceptors (Lipinski definition) is 4. The first-order valence-corrected chi connectivity index (χ1v) is 9.90. The fraction of sp³-hybridized carbons (Fsp3) is 0.0909. The monoisotopic (exact) mass is 409 g/mol. The summed E-state index contributed by atoms with van der Waals surface area (Å²) in [7, 11) is 0. The summed E-state index contributed by atoms with van der Waals surface area (Å²) >= 11 is 7.57. The van der Waals surface area contributed by atoms with Crippen molar-refractivity contribution in [2.45, 2.75) is 12.5 Å². The van der Waals surface area contributed by atoms with Crippen LogP contribution in [0.5, 0.6) is 0 Å². The standard InChI is InChI=1S/C22H16ClNO3S/c23-16-7-8-20-17(11-16)18(12-28-20)21(27-22(24)26)19(25)10-13-5-6-14-3-1-2-4-15(14)9-13/h1-9,11-12,21H,10H2,(H2,24,26). The number of nitrogens with two attached hydrogens (primary N) is 1. The van der Waals surface area contributed by atoms with E-state index in [9.17, 15) is 9.59 Å². The SMILES string of the molecule is NC(=O)OC(C(=O)Cc1ccc2ccccc2c1)c1csc2ccc(Cl)cc12. The van der Waals surface area contributed by atoms with Gasteiger partial charge in [-0.1, -0.05) is 54.1 Å². The van der Waals surface area contributed by atoms with Crippen molar-refractivity contribution in [3.05, 3.63) is 82.2 Å². The van der Waals surface area contributed by atoms with Gasteiger partial charge in [-0.15, -0.1) is 11.3 Å². The van der Waals surface area contributed by atoms with Crippen LogP contribution in [0.2, 0.25) is 5.02 Å². The van der Waals surface area contributed by atoms with Crippen LogP contribution in [0.15, 0.2) is 66.0 Å². The highest BCUT2D eigenvalue weighted by molar-refractivity contribution is 7.17. The number of halogens is 1. The molecule has 1 amide bonds. The van der Waals surface area contributed by atoms with Crippen LogP contribution in [0.25, 0.3) is 20.9 Å². The van der Waals surface area contributed by atoms with Crippen molar-refractivity contribution in [3.8, 4) is 0 Å². The molecule has 0 saturated heterocycles. The molecule has 0 radical (unpaired) electrons. The summed E-state index contributed by atoms with van der Waals surface area (Å²) < 4.78 is 6.17. The van der Waals surface area contributed by atoms with E-state index < -0.39 is 12.2 Å². The van der Waals surface area contributed by atoms with Gasteiger partial charge in [-0.05, 0) is 39.9 Å². The highest BCUT2D eigenvalue weighted by Gasteiger charge is 2.27.